The zero-order chi connectivity index (χ0) is 21.4. The molecule has 0 radical (unpaired) electrons. The minimum Gasteiger partial charge on any atom is -0.448 e. The molecule has 0 aliphatic carbocycles. The summed E-state index contributed by atoms with van der Waals surface area (Å²) < 4.78 is 7.15. The minimum absolute atomic E-state index is 0.219. The first kappa shape index (κ1) is 23.0. The molecular formula is C20H28N4O4. The van der Waals surface area contributed by atoms with Crippen LogP contribution in [0.4, 0.5) is 4.79 Å². The fourth-order valence-electron chi connectivity index (χ4n) is 2.55. The molecule has 0 aromatic carbocycles. The van der Waals surface area contributed by atoms with Crippen molar-refractivity contribution < 1.29 is 19.1 Å². The SMILES string of the molecule is CNC(=O)NC(=O)C(C)OC(=O)/C(C#N)=C/c1cc(C)n(CCC(C)C)c1C. The van der Waals surface area contributed by atoms with E-state index >= 15 is 0 Å². The molecule has 8 nitrogen and oxygen atoms in total. The normalized spacial score (nSPS) is 12.3. The van der Waals surface area contributed by atoms with E-state index < -0.39 is 24.0 Å². The van der Waals surface area contributed by atoms with Crippen molar-refractivity contribution in [1.29, 1.82) is 5.26 Å². The summed E-state index contributed by atoms with van der Waals surface area (Å²) in [6.07, 6.45) is 1.25. The van der Waals surface area contributed by atoms with Gasteiger partial charge in [0.2, 0.25) is 0 Å². The number of carbonyl (C=O) groups excluding carboxylic acids is 3. The van der Waals surface area contributed by atoms with E-state index in [2.05, 4.69) is 23.7 Å². The predicted octanol–water partition coefficient (Wildman–Crippen LogP) is 2.45. The molecule has 1 rings (SSSR count). The summed E-state index contributed by atoms with van der Waals surface area (Å²) >= 11 is 0. The number of amides is 3. The van der Waals surface area contributed by atoms with E-state index in [1.54, 1.807) is 0 Å². The molecule has 1 unspecified atom stereocenters. The van der Waals surface area contributed by atoms with Crippen LogP contribution in [0.25, 0.3) is 6.08 Å². The van der Waals surface area contributed by atoms with E-state index in [-0.39, 0.29) is 5.57 Å². The van der Waals surface area contributed by atoms with Crippen LogP contribution in [0.1, 0.15) is 44.1 Å². The monoisotopic (exact) mass is 388 g/mol. The van der Waals surface area contributed by atoms with Gasteiger partial charge in [-0.25, -0.2) is 9.59 Å². The number of esters is 1. The van der Waals surface area contributed by atoms with Crippen molar-refractivity contribution in [2.45, 2.75) is 53.7 Å². The van der Waals surface area contributed by atoms with Crippen LogP contribution in [0.15, 0.2) is 11.6 Å². The molecule has 152 valence electrons. The van der Waals surface area contributed by atoms with Crippen LogP contribution in [0, 0.1) is 31.1 Å². The third kappa shape index (κ3) is 6.27. The zero-order valence-corrected chi connectivity index (χ0v) is 17.3. The standard InChI is InChI=1S/C20H28N4O4/c1-12(2)7-8-24-13(3)9-16(14(24)4)10-17(11-21)19(26)28-15(5)18(25)23-20(27)22-6/h9-10,12,15H,7-8H2,1-6H3,(H2,22,23,25,27)/b17-10+. The van der Waals surface area contributed by atoms with Gasteiger partial charge < -0.3 is 14.6 Å². The molecule has 3 amide bonds. The van der Waals surface area contributed by atoms with Gasteiger partial charge in [-0.05, 0) is 50.8 Å². The predicted molar refractivity (Wildman–Crippen MR) is 105 cm³/mol. The second-order valence-corrected chi connectivity index (χ2v) is 6.95. The van der Waals surface area contributed by atoms with Gasteiger partial charge in [-0.3, -0.25) is 10.1 Å². The molecule has 28 heavy (non-hydrogen) atoms. The van der Waals surface area contributed by atoms with Crippen LogP contribution in [-0.2, 0) is 20.9 Å². The summed E-state index contributed by atoms with van der Waals surface area (Å²) in [5, 5.41) is 13.6. The minimum atomic E-state index is -1.22. The Hall–Kier alpha value is -3.08. The van der Waals surface area contributed by atoms with Gasteiger partial charge in [-0.2, -0.15) is 5.26 Å². The van der Waals surface area contributed by atoms with Gasteiger partial charge in [-0.15, -0.1) is 0 Å². The molecule has 0 saturated heterocycles. The third-order valence-corrected chi connectivity index (χ3v) is 4.30. The van der Waals surface area contributed by atoms with Crippen LogP contribution in [0.5, 0.6) is 0 Å². The third-order valence-electron chi connectivity index (χ3n) is 4.30. The van der Waals surface area contributed by atoms with E-state index in [0.717, 1.165) is 29.9 Å². The molecule has 1 aromatic rings. The Balaban J connectivity index is 2.95. The quantitative estimate of drug-likeness (QED) is 0.423. The Labute approximate surface area is 165 Å². The number of aromatic nitrogens is 1. The summed E-state index contributed by atoms with van der Waals surface area (Å²) in [5.74, 6) is -1.14. The van der Waals surface area contributed by atoms with Crippen LogP contribution in [0.3, 0.4) is 0 Å². The Morgan fingerprint density at radius 1 is 1.29 bits per heavy atom. The second-order valence-electron chi connectivity index (χ2n) is 6.95. The van der Waals surface area contributed by atoms with Gasteiger partial charge in [0.05, 0.1) is 0 Å². The van der Waals surface area contributed by atoms with Crippen molar-refractivity contribution in [2.75, 3.05) is 7.05 Å². The number of urea groups is 1. The van der Waals surface area contributed by atoms with Crippen molar-refractivity contribution >= 4 is 24.0 Å². The number of nitrogens with zero attached hydrogens (tertiary/aromatic N) is 2. The van der Waals surface area contributed by atoms with Crippen LogP contribution in [0.2, 0.25) is 0 Å². The molecule has 0 bridgehead atoms. The number of imide groups is 1. The maximum atomic E-state index is 12.3. The number of hydrogen-bond acceptors (Lipinski definition) is 5. The molecule has 2 N–H and O–H groups in total. The van der Waals surface area contributed by atoms with Crippen molar-refractivity contribution in [1.82, 2.24) is 15.2 Å². The summed E-state index contributed by atoms with van der Waals surface area (Å²) in [6.45, 7) is 10.4. The molecule has 1 atom stereocenters. The summed E-state index contributed by atoms with van der Waals surface area (Å²) in [7, 11) is 1.35. The highest BCUT2D eigenvalue weighted by molar-refractivity contribution is 6.01. The van der Waals surface area contributed by atoms with Gasteiger partial charge in [-0.1, -0.05) is 13.8 Å². The molecule has 0 saturated carbocycles. The Morgan fingerprint density at radius 2 is 1.93 bits per heavy atom. The average molecular weight is 388 g/mol. The number of rotatable bonds is 7. The van der Waals surface area contributed by atoms with Crippen molar-refractivity contribution in [3.05, 3.63) is 28.6 Å². The lowest BCUT2D eigenvalue weighted by Crippen LogP contribution is -2.43. The average Bonchev–Trinajstić information content (AvgIpc) is 2.90. The number of carbonyl (C=O) groups is 3. The largest absolute Gasteiger partial charge is 0.448 e. The Bertz CT molecular complexity index is 815. The van der Waals surface area contributed by atoms with E-state index in [1.165, 1.54) is 20.0 Å². The Kier molecular flexibility index (Phi) is 8.45. The highest BCUT2D eigenvalue weighted by atomic mass is 16.5. The first-order valence-electron chi connectivity index (χ1n) is 9.12. The summed E-state index contributed by atoms with van der Waals surface area (Å²) in [4.78, 5) is 35.2. The maximum Gasteiger partial charge on any atom is 0.349 e. The van der Waals surface area contributed by atoms with Gasteiger partial charge in [0.1, 0.15) is 11.6 Å². The number of hydrogen-bond donors (Lipinski definition) is 2. The van der Waals surface area contributed by atoms with Gasteiger partial charge in [0, 0.05) is 25.0 Å². The van der Waals surface area contributed by atoms with E-state index in [4.69, 9.17) is 4.74 Å². The number of ether oxygens (including phenoxy) is 1. The van der Waals surface area contributed by atoms with Crippen LogP contribution < -0.4 is 10.6 Å². The van der Waals surface area contributed by atoms with Crippen molar-refractivity contribution in [2.24, 2.45) is 5.92 Å². The maximum absolute atomic E-state index is 12.3. The fraction of sp³-hybridized carbons (Fsp3) is 0.500. The lowest BCUT2D eigenvalue weighted by Gasteiger charge is -2.12. The first-order valence-corrected chi connectivity index (χ1v) is 9.12. The molecule has 0 aliphatic heterocycles. The molecule has 0 spiro atoms. The van der Waals surface area contributed by atoms with Crippen LogP contribution >= 0.6 is 0 Å². The zero-order valence-electron chi connectivity index (χ0n) is 17.3. The fourth-order valence-corrected chi connectivity index (χ4v) is 2.55. The smallest absolute Gasteiger partial charge is 0.349 e. The lowest BCUT2D eigenvalue weighted by molar-refractivity contribution is -0.150. The molecule has 0 aliphatic rings. The van der Waals surface area contributed by atoms with Gasteiger partial charge in [0.15, 0.2) is 6.10 Å². The molecule has 0 fully saturated rings. The first-order chi connectivity index (χ1) is 13.1. The lowest BCUT2D eigenvalue weighted by atomic mass is 10.1. The highest BCUT2D eigenvalue weighted by Gasteiger charge is 2.22. The van der Waals surface area contributed by atoms with E-state index in [9.17, 15) is 19.6 Å². The molecule has 8 heteroatoms. The molecule has 1 heterocycles. The Morgan fingerprint density at radius 3 is 2.46 bits per heavy atom. The van der Waals surface area contributed by atoms with Gasteiger partial charge >= 0.3 is 12.0 Å². The highest BCUT2D eigenvalue weighted by Crippen LogP contribution is 2.20. The van der Waals surface area contributed by atoms with Crippen LogP contribution in [-0.4, -0.2) is 35.6 Å². The number of nitrogens with one attached hydrogen (secondary N) is 2. The molecular weight excluding hydrogens is 360 g/mol. The summed E-state index contributed by atoms with van der Waals surface area (Å²) in [5.41, 5.74) is 2.51. The number of nitriles is 1. The summed E-state index contributed by atoms with van der Waals surface area (Å²) in [6, 6.07) is 3.01. The van der Waals surface area contributed by atoms with Crippen molar-refractivity contribution in [3.8, 4) is 6.07 Å². The topological polar surface area (TPSA) is 113 Å². The van der Waals surface area contributed by atoms with Gasteiger partial charge in [0.25, 0.3) is 5.91 Å². The molecule has 1 aromatic heterocycles. The van der Waals surface area contributed by atoms with E-state index in [1.807, 2.05) is 31.3 Å². The van der Waals surface area contributed by atoms with E-state index in [0.29, 0.717) is 5.92 Å². The second kappa shape index (κ2) is 10.3. The van der Waals surface area contributed by atoms with Crippen molar-refractivity contribution in [3.63, 3.8) is 0 Å². The number of aryl methyl sites for hydroxylation is 1.